The average Bonchev–Trinajstić information content (AvgIpc) is 1.81. The van der Waals surface area contributed by atoms with Gasteiger partial charge in [0.15, 0.2) is 0 Å². The minimum Gasteiger partial charge on any atom is -0.341 e. The predicted octanol–water partition coefficient (Wildman–Crippen LogP) is 6.27. The van der Waals surface area contributed by atoms with E-state index in [1.54, 1.807) is 0 Å². The Morgan fingerprint density at radius 3 is 0.684 bits per heavy atom. The molecular formula is C15H38VY3. The summed E-state index contributed by atoms with van der Waals surface area (Å²) in [5.41, 5.74) is 0. The molecule has 0 unspecified atom stereocenters. The summed E-state index contributed by atoms with van der Waals surface area (Å²) in [4.78, 5) is 0. The molecule has 0 bridgehead atoms. The molecule has 0 rings (SSSR count). The number of hydrogen-bond acceptors (Lipinski definition) is 0. The van der Waals surface area contributed by atoms with Crippen molar-refractivity contribution in [2.75, 3.05) is 0 Å². The number of hydrogen-bond donors (Lipinski definition) is 0. The van der Waals surface area contributed by atoms with Crippen molar-refractivity contribution >= 4 is 0 Å². The van der Waals surface area contributed by atoms with E-state index in [0.717, 1.165) is 11.8 Å². The van der Waals surface area contributed by atoms with E-state index in [1.807, 2.05) is 20.3 Å². The second-order valence-corrected chi connectivity index (χ2v) is 5.44. The predicted molar refractivity (Wildman–Crippen MR) is 79.0 cm³/mol. The van der Waals surface area contributed by atoms with Crippen molar-refractivity contribution < 1.29 is 118 Å². The van der Waals surface area contributed by atoms with E-state index in [0.29, 0.717) is 5.92 Å². The summed E-state index contributed by atoms with van der Waals surface area (Å²) >= 11 is 0. The first-order chi connectivity index (χ1) is 6.61. The third kappa shape index (κ3) is 571. The minimum atomic E-state index is 0. The van der Waals surface area contributed by atoms with E-state index < -0.39 is 0 Å². The van der Waals surface area contributed by atoms with Crippen molar-refractivity contribution in [2.24, 2.45) is 17.8 Å². The van der Waals surface area contributed by atoms with Crippen LogP contribution in [0.2, 0.25) is 0 Å². The maximum Gasteiger partial charge on any atom is 2.00 e. The zero-order valence-corrected chi connectivity index (χ0v) is 25.1. The third-order valence-electron chi connectivity index (χ3n) is 0. The Labute approximate surface area is 215 Å². The molecule has 0 saturated carbocycles. The summed E-state index contributed by atoms with van der Waals surface area (Å²) in [7, 11) is 0. The minimum absolute atomic E-state index is 0. The normalized spacial score (nSPS) is 6.63. The summed E-state index contributed by atoms with van der Waals surface area (Å²) in [6.07, 6.45) is 2.00. The standard InChI is InChI=1S/2C4H10.C4H9.C3H7.V.3Y.H2/c3*1-4(2)3;1-3-2;;;;;/h2*4H,1-3H3;4H,1H2,2-3H3;3H,1-2H3;;;;;1H/q;;2*-1;+2;;;;. The second kappa shape index (κ2) is 49.5. The van der Waals surface area contributed by atoms with Gasteiger partial charge in [0.1, 0.15) is 0 Å². The molecule has 0 saturated heterocycles. The molecule has 0 aromatic heterocycles. The smallest absolute Gasteiger partial charge is 0.341 e. The Hall–Kier alpha value is 3.90. The Morgan fingerprint density at radius 2 is 0.684 bits per heavy atom. The molecule has 0 N–H and O–H groups in total. The Bertz CT molecular complexity index is 61.0. The van der Waals surface area contributed by atoms with Crippen molar-refractivity contribution in [1.29, 1.82) is 0 Å². The molecule has 4 heteroatoms. The van der Waals surface area contributed by atoms with Crippen LogP contribution in [-0.4, -0.2) is 0 Å². The van der Waals surface area contributed by atoms with Crippen LogP contribution in [-0.2, 0) is 117 Å². The summed E-state index contributed by atoms with van der Waals surface area (Å²) in [5.74, 6) is 2.25. The van der Waals surface area contributed by atoms with Gasteiger partial charge in [-0.1, -0.05) is 55.4 Å². The van der Waals surface area contributed by atoms with E-state index in [-0.39, 0.29) is 118 Å². The van der Waals surface area contributed by atoms with E-state index in [9.17, 15) is 0 Å². The first-order valence-corrected chi connectivity index (χ1v) is 6.18. The third-order valence-corrected chi connectivity index (χ3v) is 0. The molecule has 0 aliphatic carbocycles. The van der Waals surface area contributed by atoms with Gasteiger partial charge < -0.3 is 13.3 Å². The van der Waals surface area contributed by atoms with E-state index in [2.05, 4.69) is 62.3 Å². The second-order valence-electron chi connectivity index (χ2n) is 5.44. The topological polar surface area (TPSA) is 0 Å². The van der Waals surface area contributed by atoms with Crippen molar-refractivity contribution in [3.05, 3.63) is 13.3 Å². The fourth-order valence-corrected chi connectivity index (χ4v) is 0. The quantitative estimate of drug-likeness (QED) is 0.321. The summed E-state index contributed by atoms with van der Waals surface area (Å²) in [5, 5.41) is 0. The molecule has 0 aromatic rings. The van der Waals surface area contributed by atoms with Crippen molar-refractivity contribution in [3.63, 3.8) is 0 Å². The maximum atomic E-state index is 3.64. The summed E-state index contributed by atoms with van der Waals surface area (Å²) in [6, 6.07) is 0. The molecule has 0 atom stereocenters. The SMILES string of the molecule is CC(C)C.CC(C)C.C[CH-]C.[CH2-]C(C)C.[HH].[V+2].[Y].[Y].[Y]. The molecule has 4 radical (unpaired) electrons. The van der Waals surface area contributed by atoms with Gasteiger partial charge >= 0.3 is 18.6 Å². The molecule has 0 fully saturated rings. The van der Waals surface area contributed by atoms with Crippen LogP contribution in [0.3, 0.4) is 0 Å². The summed E-state index contributed by atoms with van der Waals surface area (Å²) in [6.45, 7) is 24.8. The monoisotopic (exact) mass is 536 g/mol. The molecular weight excluding hydrogens is 498 g/mol. The molecule has 0 aromatic carbocycles. The molecule has 0 aliphatic heterocycles. The first-order valence-electron chi connectivity index (χ1n) is 6.18. The zero-order chi connectivity index (χ0) is 13.4. The van der Waals surface area contributed by atoms with Crippen LogP contribution in [0.1, 0.15) is 70.7 Å². The molecule has 0 nitrogen and oxygen atoms in total. The van der Waals surface area contributed by atoms with Crippen LogP contribution in [0, 0.1) is 31.1 Å². The van der Waals surface area contributed by atoms with Gasteiger partial charge in [0.2, 0.25) is 0 Å². The average molecular weight is 536 g/mol. The maximum absolute atomic E-state index is 3.64. The Kier molecular flexibility index (Phi) is 129. The van der Waals surface area contributed by atoms with Crippen molar-refractivity contribution in [3.8, 4) is 0 Å². The Morgan fingerprint density at radius 1 is 0.684 bits per heavy atom. The molecule has 0 amide bonds. The fraction of sp³-hybridized carbons (Fsp3) is 0.867. The van der Waals surface area contributed by atoms with Crippen molar-refractivity contribution in [1.82, 2.24) is 0 Å². The van der Waals surface area contributed by atoms with E-state index >= 15 is 0 Å². The van der Waals surface area contributed by atoms with Crippen LogP contribution in [0.5, 0.6) is 0 Å². The van der Waals surface area contributed by atoms with Gasteiger partial charge in [0.25, 0.3) is 0 Å². The molecule has 0 heterocycles. The van der Waals surface area contributed by atoms with Gasteiger partial charge in [0, 0.05) is 99.6 Å². The van der Waals surface area contributed by atoms with Crippen molar-refractivity contribution in [2.45, 2.75) is 69.2 Å². The molecule has 112 valence electrons. The van der Waals surface area contributed by atoms with Crippen LogP contribution in [0.15, 0.2) is 0 Å². The van der Waals surface area contributed by atoms with Gasteiger partial charge in [0.05, 0.1) is 0 Å². The van der Waals surface area contributed by atoms with Crippen LogP contribution in [0.25, 0.3) is 0 Å². The zero-order valence-electron chi connectivity index (χ0n) is 15.2. The van der Waals surface area contributed by atoms with Gasteiger partial charge in [-0.25, -0.2) is 0 Å². The fourth-order valence-electron chi connectivity index (χ4n) is 0. The molecule has 19 heavy (non-hydrogen) atoms. The first kappa shape index (κ1) is 49.5. The van der Waals surface area contributed by atoms with Gasteiger partial charge in [-0.15, -0.1) is 0 Å². The van der Waals surface area contributed by atoms with Gasteiger partial charge in [-0.2, -0.15) is 19.8 Å². The summed E-state index contributed by atoms with van der Waals surface area (Å²) < 4.78 is 0. The van der Waals surface area contributed by atoms with E-state index in [4.69, 9.17) is 0 Å². The number of rotatable bonds is 0. The van der Waals surface area contributed by atoms with Gasteiger partial charge in [-0.05, 0) is 11.8 Å². The van der Waals surface area contributed by atoms with Crippen LogP contribution >= 0.6 is 0 Å². The molecule has 0 spiro atoms. The van der Waals surface area contributed by atoms with Gasteiger partial charge in [-0.3, -0.25) is 0 Å². The van der Waals surface area contributed by atoms with Crippen LogP contribution in [0.4, 0.5) is 0 Å². The van der Waals surface area contributed by atoms with E-state index in [1.165, 1.54) is 0 Å². The Balaban J connectivity index is -0.0000000107. The van der Waals surface area contributed by atoms with Crippen LogP contribution < -0.4 is 0 Å². The largest absolute Gasteiger partial charge is 2.00 e. The molecule has 0 aliphatic rings.